The number of hydrogen-bond donors (Lipinski definition) is 1. The van der Waals surface area contributed by atoms with Crippen molar-refractivity contribution in [2.75, 3.05) is 11.9 Å². The number of likely N-dealkylation sites (N-methyl/N-ethyl adjacent to an activating group) is 1. The van der Waals surface area contributed by atoms with Crippen LogP contribution in [0.25, 0.3) is 0 Å². The molecular weight excluding hydrogens is 224 g/mol. The summed E-state index contributed by atoms with van der Waals surface area (Å²) in [5, 5.41) is 0. The summed E-state index contributed by atoms with van der Waals surface area (Å²) < 4.78 is 0. The summed E-state index contributed by atoms with van der Waals surface area (Å²) in [6, 6.07) is 5.69. The highest BCUT2D eigenvalue weighted by molar-refractivity contribution is 5.97. The van der Waals surface area contributed by atoms with Crippen LogP contribution in [0.15, 0.2) is 18.2 Å². The molecule has 0 aromatic heterocycles. The van der Waals surface area contributed by atoms with Crippen LogP contribution in [-0.4, -0.2) is 19.0 Å². The molecule has 0 aliphatic carbocycles. The molecule has 1 atom stereocenters. The predicted octanol–water partition coefficient (Wildman–Crippen LogP) is 2.78. The monoisotopic (exact) mass is 248 g/mol. The van der Waals surface area contributed by atoms with Crippen molar-refractivity contribution in [3.05, 3.63) is 29.3 Å². The van der Waals surface area contributed by atoms with Gasteiger partial charge in [0.05, 0.1) is 6.04 Å². The molecule has 0 unspecified atom stereocenters. The third kappa shape index (κ3) is 3.57. The SMILES string of the molecule is CCCC[C@H](N)C(=O)N(C)c1ccc(C)cc1C. The van der Waals surface area contributed by atoms with Crippen LogP contribution in [0.1, 0.15) is 37.3 Å². The summed E-state index contributed by atoms with van der Waals surface area (Å²) in [5.41, 5.74) is 9.18. The zero-order valence-corrected chi connectivity index (χ0v) is 11.9. The Balaban J connectivity index is 2.79. The van der Waals surface area contributed by atoms with Gasteiger partial charge in [0.2, 0.25) is 5.91 Å². The number of hydrogen-bond acceptors (Lipinski definition) is 2. The predicted molar refractivity (Wildman–Crippen MR) is 76.8 cm³/mol. The number of nitrogens with zero attached hydrogens (tertiary/aromatic N) is 1. The summed E-state index contributed by atoms with van der Waals surface area (Å²) in [6.45, 7) is 6.17. The van der Waals surface area contributed by atoms with Gasteiger partial charge in [-0.25, -0.2) is 0 Å². The van der Waals surface area contributed by atoms with Gasteiger partial charge in [0.1, 0.15) is 0 Å². The van der Waals surface area contributed by atoms with Crippen molar-refractivity contribution in [3.8, 4) is 0 Å². The smallest absolute Gasteiger partial charge is 0.243 e. The van der Waals surface area contributed by atoms with Crippen LogP contribution in [0.5, 0.6) is 0 Å². The van der Waals surface area contributed by atoms with Gasteiger partial charge in [-0.2, -0.15) is 0 Å². The van der Waals surface area contributed by atoms with Crippen molar-refractivity contribution in [2.24, 2.45) is 5.73 Å². The number of anilines is 1. The molecule has 1 aromatic carbocycles. The first-order valence-corrected chi connectivity index (χ1v) is 6.57. The van der Waals surface area contributed by atoms with Crippen molar-refractivity contribution in [3.63, 3.8) is 0 Å². The summed E-state index contributed by atoms with van der Waals surface area (Å²) >= 11 is 0. The number of carbonyl (C=O) groups is 1. The van der Waals surface area contributed by atoms with Crippen LogP contribution < -0.4 is 10.6 Å². The topological polar surface area (TPSA) is 46.3 Å². The van der Waals surface area contributed by atoms with Crippen molar-refractivity contribution >= 4 is 11.6 Å². The van der Waals surface area contributed by atoms with E-state index in [2.05, 4.69) is 13.0 Å². The fourth-order valence-corrected chi connectivity index (χ4v) is 2.10. The lowest BCUT2D eigenvalue weighted by atomic mass is 10.1. The van der Waals surface area contributed by atoms with E-state index in [-0.39, 0.29) is 5.91 Å². The molecule has 0 spiro atoms. The molecule has 1 aromatic rings. The average Bonchev–Trinajstić information content (AvgIpc) is 2.34. The van der Waals surface area contributed by atoms with Crippen molar-refractivity contribution in [1.29, 1.82) is 0 Å². The van der Waals surface area contributed by atoms with E-state index in [4.69, 9.17) is 5.73 Å². The fraction of sp³-hybridized carbons (Fsp3) is 0.533. The Morgan fingerprint density at radius 2 is 2.06 bits per heavy atom. The molecule has 0 aliphatic rings. The van der Waals surface area contributed by atoms with Gasteiger partial charge in [-0.05, 0) is 31.9 Å². The van der Waals surface area contributed by atoms with E-state index in [1.54, 1.807) is 11.9 Å². The number of rotatable bonds is 5. The minimum absolute atomic E-state index is 0.00426. The molecule has 2 N–H and O–H groups in total. The van der Waals surface area contributed by atoms with Gasteiger partial charge in [0.25, 0.3) is 0 Å². The molecule has 0 saturated heterocycles. The number of unbranched alkanes of at least 4 members (excludes halogenated alkanes) is 1. The Hall–Kier alpha value is -1.35. The van der Waals surface area contributed by atoms with E-state index in [1.807, 2.05) is 26.0 Å². The van der Waals surface area contributed by atoms with Crippen molar-refractivity contribution in [2.45, 2.75) is 46.1 Å². The van der Waals surface area contributed by atoms with Crippen LogP contribution in [-0.2, 0) is 4.79 Å². The molecule has 0 bridgehead atoms. The average molecular weight is 248 g/mol. The third-order valence-corrected chi connectivity index (χ3v) is 3.23. The summed E-state index contributed by atoms with van der Waals surface area (Å²) in [5.74, 6) is -0.00426. The lowest BCUT2D eigenvalue weighted by molar-refractivity contribution is -0.119. The van der Waals surface area contributed by atoms with E-state index in [0.717, 1.165) is 30.5 Å². The Morgan fingerprint density at radius 1 is 1.39 bits per heavy atom. The van der Waals surface area contributed by atoms with Gasteiger partial charge < -0.3 is 10.6 Å². The summed E-state index contributed by atoms with van der Waals surface area (Å²) in [6.07, 6.45) is 2.81. The van der Waals surface area contributed by atoms with Gasteiger partial charge >= 0.3 is 0 Å². The number of carbonyl (C=O) groups excluding carboxylic acids is 1. The largest absolute Gasteiger partial charge is 0.320 e. The maximum atomic E-state index is 12.2. The van der Waals surface area contributed by atoms with Gasteiger partial charge in [-0.1, -0.05) is 37.5 Å². The highest BCUT2D eigenvalue weighted by Crippen LogP contribution is 2.20. The fourth-order valence-electron chi connectivity index (χ4n) is 2.10. The van der Waals surface area contributed by atoms with Crippen LogP contribution in [0.3, 0.4) is 0 Å². The quantitative estimate of drug-likeness (QED) is 0.871. The van der Waals surface area contributed by atoms with Crippen LogP contribution in [0, 0.1) is 13.8 Å². The van der Waals surface area contributed by atoms with E-state index >= 15 is 0 Å². The second-order valence-electron chi connectivity index (χ2n) is 4.94. The maximum Gasteiger partial charge on any atom is 0.243 e. The molecule has 18 heavy (non-hydrogen) atoms. The van der Waals surface area contributed by atoms with Gasteiger partial charge in [-0.3, -0.25) is 4.79 Å². The van der Waals surface area contributed by atoms with E-state index in [0.29, 0.717) is 0 Å². The third-order valence-electron chi connectivity index (χ3n) is 3.23. The van der Waals surface area contributed by atoms with Crippen molar-refractivity contribution < 1.29 is 4.79 Å². The minimum atomic E-state index is -0.393. The molecule has 100 valence electrons. The standard InChI is InChI=1S/C15H24N2O/c1-5-6-7-13(16)15(18)17(4)14-9-8-11(2)10-12(14)3/h8-10,13H,5-7,16H2,1-4H3/t13-/m0/s1. The van der Waals surface area contributed by atoms with E-state index in [1.165, 1.54) is 5.56 Å². The van der Waals surface area contributed by atoms with Gasteiger partial charge in [0, 0.05) is 12.7 Å². The zero-order chi connectivity index (χ0) is 13.7. The summed E-state index contributed by atoms with van der Waals surface area (Å²) in [4.78, 5) is 13.9. The lowest BCUT2D eigenvalue weighted by Gasteiger charge is -2.23. The van der Waals surface area contributed by atoms with Gasteiger partial charge in [0.15, 0.2) is 0 Å². The molecule has 3 heteroatoms. The van der Waals surface area contributed by atoms with Crippen LogP contribution in [0.4, 0.5) is 5.69 Å². The summed E-state index contributed by atoms with van der Waals surface area (Å²) in [7, 11) is 1.80. The second kappa shape index (κ2) is 6.55. The molecule has 1 amide bonds. The molecule has 1 rings (SSSR count). The number of benzene rings is 1. The maximum absolute atomic E-state index is 12.2. The molecule has 0 saturated carbocycles. The molecule has 0 fully saturated rings. The normalized spacial score (nSPS) is 12.3. The molecule has 0 radical (unpaired) electrons. The minimum Gasteiger partial charge on any atom is -0.320 e. The lowest BCUT2D eigenvalue weighted by Crippen LogP contribution is -2.42. The number of aryl methyl sites for hydroxylation is 2. The highest BCUT2D eigenvalue weighted by Gasteiger charge is 2.19. The first kappa shape index (κ1) is 14.7. The van der Waals surface area contributed by atoms with Crippen LogP contribution >= 0.6 is 0 Å². The Kier molecular flexibility index (Phi) is 5.35. The Bertz CT molecular complexity index is 415. The van der Waals surface area contributed by atoms with E-state index < -0.39 is 6.04 Å². The van der Waals surface area contributed by atoms with Crippen LogP contribution in [0.2, 0.25) is 0 Å². The second-order valence-corrected chi connectivity index (χ2v) is 4.94. The Morgan fingerprint density at radius 3 is 2.61 bits per heavy atom. The molecule has 0 aliphatic heterocycles. The molecular formula is C15H24N2O. The highest BCUT2D eigenvalue weighted by atomic mass is 16.2. The Labute approximate surface area is 110 Å². The first-order chi connectivity index (χ1) is 8.47. The van der Waals surface area contributed by atoms with Gasteiger partial charge in [-0.15, -0.1) is 0 Å². The first-order valence-electron chi connectivity index (χ1n) is 6.57. The number of amides is 1. The number of nitrogens with two attached hydrogens (primary N) is 1. The molecule has 0 heterocycles. The zero-order valence-electron chi connectivity index (χ0n) is 11.9. The molecule has 3 nitrogen and oxygen atoms in total. The van der Waals surface area contributed by atoms with E-state index in [9.17, 15) is 4.79 Å². The van der Waals surface area contributed by atoms with Crippen molar-refractivity contribution in [1.82, 2.24) is 0 Å².